The van der Waals surface area contributed by atoms with Crippen molar-refractivity contribution in [1.82, 2.24) is 5.32 Å². The van der Waals surface area contributed by atoms with Crippen molar-refractivity contribution < 1.29 is 9.59 Å². The van der Waals surface area contributed by atoms with Crippen molar-refractivity contribution >= 4 is 40.7 Å². The lowest BCUT2D eigenvalue weighted by Gasteiger charge is -2.28. The third kappa shape index (κ3) is 3.64. The van der Waals surface area contributed by atoms with Gasteiger partial charge in [0.15, 0.2) is 0 Å². The molecule has 2 amide bonds. The first kappa shape index (κ1) is 16.6. The summed E-state index contributed by atoms with van der Waals surface area (Å²) in [6, 6.07) is 4.74. The van der Waals surface area contributed by atoms with Crippen LogP contribution in [0.15, 0.2) is 18.2 Å². The van der Waals surface area contributed by atoms with Crippen molar-refractivity contribution in [3.8, 4) is 0 Å². The SMILES string of the molecule is CC(NC(=O)C(=O)Nc1cc(Cl)ccc1Cl)C1CC2CCC1C2. The highest BCUT2D eigenvalue weighted by atomic mass is 35.5. The summed E-state index contributed by atoms with van der Waals surface area (Å²) in [6.45, 7) is 1.99. The average Bonchev–Trinajstić information content (AvgIpc) is 3.13. The molecule has 2 aliphatic rings. The Balaban J connectivity index is 1.57. The maximum Gasteiger partial charge on any atom is 0.313 e. The summed E-state index contributed by atoms with van der Waals surface area (Å²) in [4.78, 5) is 24.2. The molecule has 2 aliphatic carbocycles. The molecule has 124 valence electrons. The highest BCUT2D eigenvalue weighted by molar-refractivity contribution is 6.42. The van der Waals surface area contributed by atoms with Crippen LogP contribution in [0.1, 0.15) is 32.6 Å². The first-order valence-corrected chi connectivity index (χ1v) is 8.76. The molecule has 0 saturated heterocycles. The molecular formula is C17H20Cl2N2O2. The van der Waals surface area contributed by atoms with Crippen LogP contribution in [-0.2, 0) is 9.59 Å². The number of rotatable bonds is 3. The number of benzene rings is 1. The van der Waals surface area contributed by atoms with E-state index in [1.165, 1.54) is 25.3 Å². The Morgan fingerprint density at radius 1 is 1.17 bits per heavy atom. The smallest absolute Gasteiger partial charge is 0.313 e. The fraction of sp³-hybridized carbons (Fsp3) is 0.529. The Hall–Kier alpha value is -1.26. The van der Waals surface area contributed by atoms with Gasteiger partial charge in [-0.3, -0.25) is 9.59 Å². The van der Waals surface area contributed by atoms with Gasteiger partial charge in [-0.15, -0.1) is 0 Å². The third-order valence-corrected chi connectivity index (χ3v) is 5.74. The van der Waals surface area contributed by atoms with Crippen LogP contribution in [0.4, 0.5) is 5.69 Å². The molecule has 4 nitrogen and oxygen atoms in total. The summed E-state index contributed by atoms with van der Waals surface area (Å²) in [5.74, 6) is 0.643. The second kappa shape index (κ2) is 6.70. The summed E-state index contributed by atoms with van der Waals surface area (Å²) in [5.41, 5.74) is 0.340. The fourth-order valence-electron chi connectivity index (χ4n) is 4.06. The summed E-state index contributed by atoms with van der Waals surface area (Å²) < 4.78 is 0. The largest absolute Gasteiger partial charge is 0.345 e. The molecule has 2 fully saturated rings. The average molecular weight is 355 g/mol. The van der Waals surface area contributed by atoms with Gasteiger partial charge >= 0.3 is 11.8 Å². The second-order valence-corrected chi connectivity index (χ2v) is 7.52. The van der Waals surface area contributed by atoms with Crippen LogP contribution in [0.5, 0.6) is 0 Å². The zero-order valence-electron chi connectivity index (χ0n) is 12.9. The Morgan fingerprint density at radius 2 is 1.96 bits per heavy atom. The molecule has 3 rings (SSSR count). The van der Waals surface area contributed by atoms with Crippen molar-refractivity contribution in [1.29, 1.82) is 0 Å². The van der Waals surface area contributed by atoms with Gasteiger partial charge in [0.2, 0.25) is 0 Å². The minimum atomic E-state index is -0.718. The van der Waals surface area contributed by atoms with Crippen molar-refractivity contribution in [2.75, 3.05) is 5.32 Å². The van der Waals surface area contributed by atoms with E-state index >= 15 is 0 Å². The van der Waals surface area contributed by atoms with Crippen LogP contribution in [0.25, 0.3) is 0 Å². The molecule has 2 N–H and O–H groups in total. The molecule has 0 heterocycles. The number of hydrogen-bond acceptors (Lipinski definition) is 2. The molecule has 0 spiro atoms. The number of fused-ring (bicyclic) bond motifs is 2. The van der Waals surface area contributed by atoms with E-state index in [1.54, 1.807) is 12.1 Å². The van der Waals surface area contributed by atoms with Crippen molar-refractivity contribution in [2.45, 2.75) is 38.6 Å². The number of carbonyl (C=O) groups is 2. The number of halogens is 2. The normalized spacial score (nSPS) is 26.8. The highest BCUT2D eigenvalue weighted by Gasteiger charge is 2.42. The summed E-state index contributed by atoms with van der Waals surface area (Å²) in [5, 5.41) is 6.14. The molecule has 2 saturated carbocycles. The number of nitrogens with one attached hydrogen (secondary N) is 2. The Labute approximate surface area is 145 Å². The van der Waals surface area contributed by atoms with Gasteiger partial charge in [0.25, 0.3) is 0 Å². The van der Waals surface area contributed by atoms with Gasteiger partial charge in [0.1, 0.15) is 0 Å². The predicted molar refractivity (Wildman–Crippen MR) is 91.6 cm³/mol. The number of hydrogen-bond donors (Lipinski definition) is 2. The molecule has 1 aromatic carbocycles. The Kier molecular flexibility index (Phi) is 4.83. The minimum Gasteiger partial charge on any atom is -0.345 e. The topological polar surface area (TPSA) is 58.2 Å². The van der Waals surface area contributed by atoms with Crippen LogP contribution >= 0.6 is 23.2 Å². The second-order valence-electron chi connectivity index (χ2n) is 6.68. The monoisotopic (exact) mass is 354 g/mol. The van der Waals surface area contributed by atoms with E-state index in [4.69, 9.17) is 23.2 Å². The molecule has 6 heteroatoms. The molecule has 0 aliphatic heterocycles. The molecular weight excluding hydrogens is 335 g/mol. The van der Waals surface area contributed by atoms with Crippen molar-refractivity contribution in [3.05, 3.63) is 28.2 Å². The van der Waals surface area contributed by atoms with Gasteiger partial charge in [-0.05, 0) is 62.1 Å². The summed E-state index contributed by atoms with van der Waals surface area (Å²) in [7, 11) is 0. The Morgan fingerprint density at radius 3 is 2.61 bits per heavy atom. The van der Waals surface area contributed by atoms with E-state index in [1.807, 2.05) is 6.92 Å². The summed E-state index contributed by atoms with van der Waals surface area (Å²) >= 11 is 11.9. The summed E-state index contributed by atoms with van der Waals surface area (Å²) in [6.07, 6.45) is 5.00. The van der Waals surface area contributed by atoms with Gasteiger partial charge in [0, 0.05) is 11.1 Å². The first-order chi connectivity index (χ1) is 10.9. The lowest BCUT2D eigenvalue weighted by Crippen LogP contribution is -2.45. The van der Waals surface area contributed by atoms with Gasteiger partial charge in [-0.1, -0.05) is 29.6 Å². The van der Waals surface area contributed by atoms with Gasteiger partial charge in [-0.2, -0.15) is 0 Å². The van der Waals surface area contributed by atoms with E-state index in [0.29, 0.717) is 27.6 Å². The molecule has 23 heavy (non-hydrogen) atoms. The lowest BCUT2D eigenvalue weighted by atomic mass is 9.84. The van der Waals surface area contributed by atoms with E-state index in [9.17, 15) is 9.59 Å². The Bertz CT molecular complexity index is 635. The number of anilines is 1. The maximum atomic E-state index is 12.1. The number of amides is 2. The highest BCUT2D eigenvalue weighted by Crippen LogP contribution is 2.49. The molecule has 4 unspecified atom stereocenters. The van der Waals surface area contributed by atoms with Gasteiger partial charge in [0.05, 0.1) is 10.7 Å². The van der Waals surface area contributed by atoms with Crippen LogP contribution in [0.3, 0.4) is 0 Å². The zero-order valence-corrected chi connectivity index (χ0v) is 14.5. The number of carbonyl (C=O) groups excluding carboxylic acids is 2. The van der Waals surface area contributed by atoms with Gasteiger partial charge in [-0.25, -0.2) is 0 Å². The van der Waals surface area contributed by atoms with Crippen LogP contribution in [0, 0.1) is 17.8 Å². The molecule has 4 atom stereocenters. The lowest BCUT2D eigenvalue weighted by molar-refractivity contribution is -0.136. The quantitative estimate of drug-likeness (QED) is 0.809. The molecule has 1 aromatic rings. The van der Waals surface area contributed by atoms with Gasteiger partial charge < -0.3 is 10.6 Å². The molecule has 0 radical (unpaired) electrons. The zero-order chi connectivity index (χ0) is 16.6. The predicted octanol–water partition coefficient (Wildman–Crippen LogP) is 3.87. The van der Waals surface area contributed by atoms with Crippen molar-refractivity contribution in [3.63, 3.8) is 0 Å². The van der Waals surface area contributed by atoms with Crippen LogP contribution < -0.4 is 10.6 Å². The maximum absolute atomic E-state index is 12.1. The third-order valence-electron chi connectivity index (χ3n) is 5.18. The fourth-order valence-corrected chi connectivity index (χ4v) is 4.39. The molecule has 2 bridgehead atoms. The van der Waals surface area contributed by atoms with Crippen LogP contribution in [-0.4, -0.2) is 17.9 Å². The van der Waals surface area contributed by atoms with E-state index in [0.717, 1.165) is 12.3 Å². The van der Waals surface area contributed by atoms with E-state index < -0.39 is 11.8 Å². The minimum absolute atomic E-state index is 0.0124. The molecule has 0 aromatic heterocycles. The van der Waals surface area contributed by atoms with Crippen LogP contribution in [0.2, 0.25) is 10.0 Å². The van der Waals surface area contributed by atoms with E-state index in [-0.39, 0.29) is 6.04 Å². The van der Waals surface area contributed by atoms with Crippen molar-refractivity contribution in [2.24, 2.45) is 17.8 Å². The first-order valence-electron chi connectivity index (χ1n) is 8.01. The standard InChI is InChI=1S/C17H20Cl2N2O2/c1-9(13-7-10-2-3-11(13)6-10)20-16(22)17(23)21-15-8-12(18)4-5-14(15)19/h4-5,8-11,13H,2-3,6-7H2,1H3,(H,20,22)(H,21,23). The van der Waals surface area contributed by atoms with E-state index in [2.05, 4.69) is 10.6 Å².